The van der Waals surface area contributed by atoms with Crippen molar-refractivity contribution in [2.45, 2.75) is 70.4 Å². The predicted octanol–water partition coefficient (Wildman–Crippen LogP) is 2.59. The second-order valence-corrected chi connectivity index (χ2v) is 8.80. The molecule has 0 saturated carbocycles. The number of carboxylic acids is 2. The van der Waals surface area contributed by atoms with Crippen LogP contribution in [-0.4, -0.2) is 77.0 Å². The van der Waals surface area contributed by atoms with Gasteiger partial charge in [0.25, 0.3) is 0 Å². The van der Waals surface area contributed by atoms with E-state index in [-0.39, 0.29) is 11.9 Å². The maximum atomic E-state index is 12.5. The molecule has 0 aromatic heterocycles. The van der Waals surface area contributed by atoms with Gasteiger partial charge in [0.15, 0.2) is 11.5 Å². The number of hydrogen-bond donors (Lipinski definition) is 4. The molecule has 2 aliphatic rings. The van der Waals surface area contributed by atoms with Crippen LogP contribution >= 0.6 is 0 Å². The maximum Gasteiger partial charge on any atom is 0.414 e. The number of carboxylic acid groups (broad SMARTS) is 2. The van der Waals surface area contributed by atoms with Crippen LogP contribution in [-0.2, 0) is 14.4 Å². The van der Waals surface area contributed by atoms with Crippen LogP contribution in [0.5, 0.6) is 11.5 Å². The molecule has 1 saturated heterocycles. The van der Waals surface area contributed by atoms with E-state index < -0.39 is 18.0 Å². The zero-order valence-corrected chi connectivity index (χ0v) is 20.4. The van der Waals surface area contributed by atoms with Gasteiger partial charge < -0.3 is 35.0 Å². The van der Waals surface area contributed by atoms with Crippen molar-refractivity contribution in [1.82, 2.24) is 10.2 Å². The van der Waals surface area contributed by atoms with Crippen molar-refractivity contribution in [1.29, 1.82) is 0 Å². The summed E-state index contributed by atoms with van der Waals surface area (Å²) in [6, 6.07) is 5.22. The largest absolute Gasteiger partial charge is 0.486 e. The van der Waals surface area contributed by atoms with Crippen LogP contribution in [0.25, 0.3) is 0 Å². The van der Waals surface area contributed by atoms with E-state index in [1.165, 1.54) is 32.1 Å². The fourth-order valence-corrected chi connectivity index (χ4v) is 4.11. The molecule has 0 unspecified atom stereocenters. The van der Waals surface area contributed by atoms with Crippen molar-refractivity contribution in [3.8, 4) is 11.5 Å². The molecule has 2 heterocycles. The highest BCUT2D eigenvalue weighted by atomic mass is 16.6. The van der Waals surface area contributed by atoms with E-state index >= 15 is 0 Å². The number of likely N-dealkylation sites (tertiary alicyclic amines) is 1. The summed E-state index contributed by atoms with van der Waals surface area (Å²) in [5.41, 5.74) is 0.752. The zero-order chi connectivity index (χ0) is 25.6. The number of nitrogens with one attached hydrogen (secondary N) is 1. The maximum absolute atomic E-state index is 12.5. The van der Waals surface area contributed by atoms with Gasteiger partial charge in [-0.15, -0.1) is 0 Å². The number of amides is 1. The van der Waals surface area contributed by atoms with Gasteiger partial charge in [-0.05, 0) is 50.0 Å². The third-order valence-corrected chi connectivity index (χ3v) is 5.98. The van der Waals surface area contributed by atoms with Gasteiger partial charge in [0.05, 0.1) is 6.04 Å². The molecule has 3 rings (SSSR count). The molecular formula is C25H38N2O8. The van der Waals surface area contributed by atoms with Crippen molar-refractivity contribution in [3.05, 3.63) is 23.8 Å². The van der Waals surface area contributed by atoms with Crippen LogP contribution in [0, 0.1) is 0 Å². The number of carbonyl (C=O) groups excluding carboxylic acids is 1. The fourth-order valence-electron chi connectivity index (χ4n) is 4.11. The zero-order valence-electron chi connectivity index (χ0n) is 20.4. The number of rotatable bonds is 11. The molecule has 1 aromatic carbocycles. The van der Waals surface area contributed by atoms with Gasteiger partial charge in [-0.25, -0.2) is 9.59 Å². The summed E-state index contributed by atoms with van der Waals surface area (Å²) in [5.74, 6) is -2.25. The molecule has 35 heavy (non-hydrogen) atoms. The number of unbranched alkanes of at least 4 members (excludes halogenated alkanes) is 4. The molecule has 0 spiro atoms. The Kier molecular flexibility index (Phi) is 12.3. The number of fused-ring (bicyclic) bond motifs is 1. The molecule has 196 valence electrons. The van der Waals surface area contributed by atoms with Crippen molar-refractivity contribution in [3.63, 3.8) is 0 Å². The Hall–Kier alpha value is -2.85. The van der Waals surface area contributed by atoms with Gasteiger partial charge >= 0.3 is 11.9 Å². The van der Waals surface area contributed by atoms with E-state index in [1.807, 2.05) is 18.2 Å². The molecule has 1 fully saturated rings. The second kappa shape index (κ2) is 15.2. The monoisotopic (exact) mass is 494 g/mol. The lowest BCUT2D eigenvalue weighted by atomic mass is 10.0. The standard InChI is InChI=1S/C23H36N2O4.C2H2O4/c1-2-3-4-5-6-9-22(26)24-19(17-25-12-7-8-13-25)23(27)18-10-11-20-21(16-18)29-15-14-28-20;3-1(4)2(5)6/h10-11,16,19,23,27H,2-9,12-15,17H2,1H3,(H,24,26);(H,3,4)(H,5,6)/t19-,23-;/m1./s1. The Morgan fingerprint density at radius 2 is 1.60 bits per heavy atom. The van der Waals surface area contributed by atoms with Crippen LogP contribution < -0.4 is 14.8 Å². The summed E-state index contributed by atoms with van der Waals surface area (Å²) in [5, 5.41) is 29.0. The highest BCUT2D eigenvalue weighted by Gasteiger charge is 2.27. The molecule has 1 amide bonds. The minimum atomic E-state index is -1.82. The molecule has 4 N–H and O–H groups in total. The number of ether oxygens (including phenoxy) is 2. The first-order chi connectivity index (χ1) is 16.8. The fraction of sp³-hybridized carbons (Fsp3) is 0.640. The average molecular weight is 495 g/mol. The van der Waals surface area contributed by atoms with Crippen molar-refractivity contribution in [2.24, 2.45) is 0 Å². The van der Waals surface area contributed by atoms with Gasteiger partial charge in [-0.3, -0.25) is 4.79 Å². The highest BCUT2D eigenvalue weighted by molar-refractivity contribution is 6.27. The number of aliphatic hydroxyl groups excluding tert-OH is 1. The van der Waals surface area contributed by atoms with Crippen LogP contribution in [0.1, 0.15) is 70.0 Å². The van der Waals surface area contributed by atoms with E-state index in [2.05, 4.69) is 17.1 Å². The first-order valence-corrected chi connectivity index (χ1v) is 12.4. The summed E-state index contributed by atoms with van der Waals surface area (Å²) >= 11 is 0. The van der Waals surface area contributed by atoms with E-state index in [4.69, 9.17) is 29.3 Å². The Bertz CT molecular complexity index is 814. The van der Waals surface area contributed by atoms with E-state index in [0.717, 1.165) is 31.5 Å². The first kappa shape index (κ1) is 28.4. The topological polar surface area (TPSA) is 146 Å². The molecule has 1 aromatic rings. The Balaban J connectivity index is 0.000000641. The van der Waals surface area contributed by atoms with Gasteiger partial charge in [0.1, 0.15) is 19.3 Å². The molecule has 10 nitrogen and oxygen atoms in total. The predicted molar refractivity (Wildman–Crippen MR) is 129 cm³/mol. The van der Waals surface area contributed by atoms with Gasteiger partial charge in [0, 0.05) is 13.0 Å². The van der Waals surface area contributed by atoms with Gasteiger partial charge in [-0.2, -0.15) is 0 Å². The minimum absolute atomic E-state index is 0.0299. The Morgan fingerprint density at radius 3 is 2.23 bits per heavy atom. The van der Waals surface area contributed by atoms with Gasteiger partial charge in [0.2, 0.25) is 5.91 Å². The van der Waals surface area contributed by atoms with E-state index in [0.29, 0.717) is 37.7 Å². The number of nitrogens with zero attached hydrogens (tertiary/aromatic N) is 1. The van der Waals surface area contributed by atoms with Crippen molar-refractivity contribution < 1.29 is 39.2 Å². The average Bonchev–Trinajstić information content (AvgIpc) is 3.36. The third-order valence-electron chi connectivity index (χ3n) is 5.98. The lowest BCUT2D eigenvalue weighted by Crippen LogP contribution is -2.46. The number of aliphatic carboxylic acids is 2. The molecule has 2 atom stereocenters. The molecular weight excluding hydrogens is 456 g/mol. The highest BCUT2D eigenvalue weighted by Crippen LogP contribution is 2.33. The summed E-state index contributed by atoms with van der Waals surface area (Å²) in [6.45, 7) is 5.96. The lowest BCUT2D eigenvalue weighted by molar-refractivity contribution is -0.159. The quantitative estimate of drug-likeness (QED) is 0.269. The number of aliphatic hydroxyl groups is 1. The Labute approximate surface area is 206 Å². The molecule has 10 heteroatoms. The van der Waals surface area contributed by atoms with Crippen molar-refractivity contribution in [2.75, 3.05) is 32.8 Å². The van der Waals surface area contributed by atoms with E-state index in [9.17, 15) is 9.90 Å². The second-order valence-electron chi connectivity index (χ2n) is 8.80. The molecule has 0 bridgehead atoms. The smallest absolute Gasteiger partial charge is 0.414 e. The van der Waals surface area contributed by atoms with Gasteiger partial charge in [-0.1, -0.05) is 38.7 Å². The van der Waals surface area contributed by atoms with Crippen molar-refractivity contribution >= 4 is 17.8 Å². The summed E-state index contributed by atoms with van der Waals surface area (Å²) in [6.07, 6.45) is 7.69. The summed E-state index contributed by atoms with van der Waals surface area (Å²) in [7, 11) is 0. The number of hydrogen-bond acceptors (Lipinski definition) is 7. The number of carbonyl (C=O) groups is 3. The molecule has 2 aliphatic heterocycles. The number of benzene rings is 1. The SMILES string of the molecule is CCCCCCCC(=O)N[C@H](CN1CCCC1)[C@H](O)c1ccc2c(c1)OCCO2.O=C(O)C(=O)O. The molecule has 0 radical (unpaired) electrons. The van der Waals surface area contributed by atoms with E-state index in [1.54, 1.807) is 0 Å². The van der Waals surface area contributed by atoms with Crippen LogP contribution in [0.4, 0.5) is 0 Å². The normalized spacial score (nSPS) is 16.5. The third kappa shape index (κ3) is 10.1. The van der Waals surface area contributed by atoms with Crippen LogP contribution in [0.3, 0.4) is 0 Å². The minimum Gasteiger partial charge on any atom is -0.486 e. The summed E-state index contributed by atoms with van der Waals surface area (Å²) in [4.78, 5) is 33.1. The van der Waals surface area contributed by atoms with Crippen LogP contribution in [0.15, 0.2) is 18.2 Å². The lowest BCUT2D eigenvalue weighted by Gasteiger charge is -2.29. The summed E-state index contributed by atoms with van der Waals surface area (Å²) < 4.78 is 11.2. The first-order valence-electron chi connectivity index (χ1n) is 12.4. The van der Waals surface area contributed by atoms with Crippen LogP contribution in [0.2, 0.25) is 0 Å². The Morgan fingerprint density at radius 1 is 0.971 bits per heavy atom. The molecule has 0 aliphatic carbocycles.